The molecule has 1 aromatic carbocycles. The van der Waals surface area contributed by atoms with E-state index in [-0.39, 0.29) is 11.9 Å². The van der Waals surface area contributed by atoms with Gasteiger partial charge in [0.25, 0.3) is 0 Å². The highest BCUT2D eigenvalue weighted by atomic mass is 16.5. The molecular weight excluding hydrogens is 364 g/mol. The Morgan fingerprint density at radius 2 is 1.71 bits per heavy atom. The summed E-state index contributed by atoms with van der Waals surface area (Å²) in [6.45, 7) is 3.53. The van der Waals surface area contributed by atoms with E-state index in [1.807, 2.05) is 24.3 Å². The predicted molar refractivity (Wildman–Crippen MR) is 101 cm³/mol. The zero-order valence-electron chi connectivity index (χ0n) is 16.3. The molecule has 0 atom stereocenters. The van der Waals surface area contributed by atoms with Crippen LogP contribution in [0.1, 0.15) is 32.1 Å². The van der Waals surface area contributed by atoms with E-state index in [0.717, 1.165) is 17.1 Å². The molecule has 148 valence electrons. The van der Waals surface area contributed by atoms with Gasteiger partial charge in [0.15, 0.2) is 0 Å². The van der Waals surface area contributed by atoms with Gasteiger partial charge in [0.05, 0.1) is 38.9 Å². The summed E-state index contributed by atoms with van der Waals surface area (Å²) >= 11 is 0. The maximum Gasteiger partial charge on any atom is 0.341 e. The molecule has 28 heavy (non-hydrogen) atoms. The Kier molecular flexibility index (Phi) is 6.91. The van der Waals surface area contributed by atoms with E-state index >= 15 is 0 Å². The molecule has 3 rings (SSSR count). The van der Waals surface area contributed by atoms with E-state index in [2.05, 4.69) is 20.0 Å². The minimum absolute atomic E-state index is 0.355. The Bertz CT molecular complexity index is 961. The average molecular weight is 386 g/mol. The van der Waals surface area contributed by atoms with E-state index in [4.69, 9.17) is 9.47 Å². The molecule has 1 N–H and O–H groups in total. The Balaban J connectivity index is 0.000000237. The van der Waals surface area contributed by atoms with Gasteiger partial charge in [-0.1, -0.05) is 6.07 Å². The number of methoxy groups -OCH3 is 3. The molecule has 0 saturated heterocycles. The second-order valence-corrected chi connectivity index (χ2v) is 5.67. The second-order valence-electron chi connectivity index (χ2n) is 5.67. The van der Waals surface area contributed by atoms with Gasteiger partial charge in [-0.15, -0.1) is 0 Å². The predicted octanol–water partition coefficient (Wildman–Crippen LogP) is 2.48. The van der Waals surface area contributed by atoms with Crippen molar-refractivity contribution in [1.29, 1.82) is 0 Å². The Labute approximate surface area is 162 Å². The topological polar surface area (TPSA) is 108 Å². The lowest BCUT2D eigenvalue weighted by Gasteiger charge is -2.03. The number of ether oxygens (including phenoxy) is 3. The molecule has 0 aliphatic rings. The van der Waals surface area contributed by atoms with Crippen LogP contribution in [0.5, 0.6) is 5.75 Å². The number of esters is 2. The van der Waals surface area contributed by atoms with Gasteiger partial charge in [-0.3, -0.25) is 5.10 Å². The fraction of sp³-hybridized carbons (Fsp3) is 0.263. The van der Waals surface area contributed by atoms with Crippen molar-refractivity contribution in [3.63, 3.8) is 0 Å². The SMILES string of the molecule is COC(=O)c1cn(-c2cccc(OC)c2)nc1C.COC(=O)c1cn[nH]c1C. The van der Waals surface area contributed by atoms with Crippen LogP contribution < -0.4 is 4.74 Å². The van der Waals surface area contributed by atoms with Gasteiger partial charge in [0.1, 0.15) is 16.9 Å². The summed E-state index contributed by atoms with van der Waals surface area (Å²) in [7, 11) is 4.30. The summed E-state index contributed by atoms with van der Waals surface area (Å²) in [5.41, 5.74) is 3.13. The zero-order chi connectivity index (χ0) is 20.7. The van der Waals surface area contributed by atoms with Crippen LogP contribution in [0, 0.1) is 13.8 Å². The van der Waals surface area contributed by atoms with Gasteiger partial charge < -0.3 is 14.2 Å². The first-order chi connectivity index (χ1) is 13.4. The number of nitrogens with one attached hydrogen (secondary N) is 1. The third-order valence-corrected chi connectivity index (χ3v) is 3.86. The number of carbonyl (C=O) groups excluding carboxylic acids is 2. The van der Waals surface area contributed by atoms with Gasteiger partial charge in [0.2, 0.25) is 0 Å². The Morgan fingerprint density at radius 1 is 1.04 bits per heavy atom. The monoisotopic (exact) mass is 386 g/mol. The first-order valence-electron chi connectivity index (χ1n) is 8.28. The summed E-state index contributed by atoms with van der Waals surface area (Å²) in [5, 5.41) is 10.6. The molecule has 9 heteroatoms. The number of hydrogen-bond donors (Lipinski definition) is 1. The maximum atomic E-state index is 11.5. The summed E-state index contributed by atoms with van der Waals surface area (Å²) in [5.74, 6) is -0.00633. The minimum atomic E-state index is -0.387. The quantitative estimate of drug-likeness (QED) is 0.686. The lowest BCUT2D eigenvalue weighted by Crippen LogP contribution is -2.01. The minimum Gasteiger partial charge on any atom is -0.497 e. The van der Waals surface area contributed by atoms with Gasteiger partial charge in [-0.2, -0.15) is 10.2 Å². The molecule has 0 bridgehead atoms. The molecule has 0 amide bonds. The Morgan fingerprint density at radius 3 is 2.29 bits per heavy atom. The normalized spacial score (nSPS) is 9.89. The highest BCUT2D eigenvalue weighted by molar-refractivity contribution is 5.90. The van der Waals surface area contributed by atoms with Gasteiger partial charge in [0, 0.05) is 18.0 Å². The largest absolute Gasteiger partial charge is 0.497 e. The number of hydrogen-bond acceptors (Lipinski definition) is 7. The van der Waals surface area contributed by atoms with Crippen molar-refractivity contribution < 1.29 is 23.8 Å². The van der Waals surface area contributed by atoms with Crippen molar-refractivity contribution in [3.05, 3.63) is 59.2 Å². The zero-order valence-corrected chi connectivity index (χ0v) is 16.3. The number of aromatic nitrogens is 4. The number of H-pyrrole nitrogens is 1. The van der Waals surface area contributed by atoms with Crippen molar-refractivity contribution in [2.24, 2.45) is 0 Å². The van der Waals surface area contributed by atoms with Crippen molar-refractivity contribution in [3.8, 4) is 11.4 Å². The lowest BCUT2D eigenvalue weighted by molar-refractivity contribution is 0.0591. The fourth-order valence-corrected chi connectivity index (χ4v) is 2.32. The van der Waals surface area contributed by atoms with Crippen LogP contribution in [0.3, 0.4) is 0 Å². The summed E-state index contributed by atoms with van der Waals surface area (Å²) in [6.07, 6.45) is 3.09. The molecule has 2 aromatic heterocycles. The number of nitrogens with zero attached hydrogens (tertiary/aromatic N) is 3. The number of benzene rings is 1. The maximum absolute atomic E-state index is 11.5. The fourth-order valence-electron chi connectivity index (χ4n) is 2.32. The van der Waals surface area contributed by atoms with Crippen molar-refractivity contribution in [2.75, 3.05) is 21.3 Å². The molecule has 2 heterocycles. The van der Waals surface area contributed by atoms with E-state index in [0.29, 0.717) is 16.8 Å². The number of rotatable bonds is 4. The molecule has 0 spiro atoms. The molecule has 3 aromatic rings. The third kappa shape index (κ3) is 4.76. The van der Waals surface area contributed by atoms with Gasteiger partial charge in [-0.25, -0.2) is 14.3 Å². The van der Waals surface area contributed by atoms with Crippen molar-refractivity contribution in [2.45, 2.75) is 13.8 Å². The van der Waals surface area contributed by atoms with Crippen molar-refractivity contribution >= 4 is 11.9 Å². The average Bonchev–Trinajstić information content (AvgIpc) is 3.33. The van der Waals surface area contributed by atoms with E-state index < -0.39 is 0 Å². The third-order valence-electron chi connectivity index (χ3n) is 3.86. The second kappa shape index (κ2) is 9.36. The first-order valence-corrected chi connectivity index (χ1v) is 8.28. The Hall–Kier alpha value is -3.62. The molecule has 9 nitrogen and oxygen atoms in total. The molecule has 0 fully saturated rings. The number of aryl methyl sites for hydroxylation is 2. The highest BCUT2D eigenvalue weighted by Gasteiger charge is 2.14. The molecular formula is C19H22N4O5. The standard InChI is InChI=1S/C13H14N2O3.C6H8N2O2/c1-9-12(13(16)18-3)8-15(14-9)10-5-4-6-11(7-10)17-2;1-4-5(3-7-8-4)6(9)10-2/h4-8H,1-3H3;3H,1-2H3,(H,7,8). The smallest absolute Gasteiger partial charge is 0.341 e. The van der Waals surface area contributed by atoms with E-state index in [1.165, 1.54) is 20.4 Å². The summed E-state index contributed by atoms with van der Waals surface area (Å²) in [6, 6.07) is 7.44. The molecule has 0 aliphatic carbocycles. The summed E-state index contributed by atoms with van der Waals surface area (Å²) in [4.78, 5) is 22.3. The van der Waals surface area contributed by atoms with E-state index in [9.17, 15) is 9.59 Å². The van der Waals surface area contributed by atoms with Crippen LogP contribution in [0.4, 0.5) is 0 Å². The molecule has 0 radical (unpaired) electrons. The van der Waals surface area contributed by atoms with Crippen LogP contribution in [0.2, 0.25) is 0 Å². The van der Waals surface area contributed by atoms with Crippen LogP contribution in [0.25, 0.3) is 5.69 Å². The summed E-state index contributed by atoms with van der Waals surface area (Å²) < 4.78 is 15.9. The van der Waals surface area contributed by atoms with Gasteiger partial charge in [-0.05, 0) is 26.0 Å². The molecule has 0 unspecified atom stereocenters. The van der Waals surface area contributed by atoms with Gasteiger partial charge >= 0.3 is 11.9 Å². The highest BCUT2D eigenvalue weighted by Crippen LogP contribution is 2.18. The van der Waals surface area contributed by atoms with E-state index in [1.54, 1.807) is 31.8 Å². The van der Waals surface area contributed by atoms with Crippen LogP contribution >= 0.6 is 0 Å². The molecule has 0 aliphatic heterocycles. The van der Waals surface area contributed by atoms with Crippen molar-refractivity contribution in [1.82, 2.24) is 20.0 Å². The van der Waals surface area contributed by atoms with Crippen LogP contribution in [-0.4, -0.2) is 53.2 Å². The number of carbonyl (C=O) groups is 2. The first kappa shape index (κ1) is 20.7. The van der Waals surface area contributed by atoms with Crippen LogP contribution in [0.15, 0.2) is 36.7 Å². The number of aromatic amines is 1. The molecule has 0 saturated carbocycles. The van der Waals surface area contributed by atoms with Crippen LogP contribution in [-0.2, 0) is 9.47 Å². The lowest BCUT2D eigenvalue weighted by atomic mass is 10.2.